The maximum atomic E-state index is 9.20. The van der Waals surface area contributed by atoms with E-state index >= 15 is 0 Å². The largest absolute Gasteiger partial charge is 0.389 e. The third-order valence-electron chi connectivity index (χ3n) is 2.38. The molecule has 2 aromatic carbocycles. The predicted molar refractivity (Wildman–Crippen MR) is 64.7 cm³/mol. The van der Waals surface area contributed by atoms with Gasteiger partial charge in [-0.2, -0.15) is 0 Å². The number of fused-ring (bicyclic) bond motifs is 1. The van der Waals surface area contributed by atoms with Crippen molar-refractivity contribution in [1.82, 2.24) is 0 Å². The van der Waals surface area contributed by atoms with E-state index in [-0.39, 0.29) is 0 Å². The molecule has 0 unspecified atom stereocenters. The summed E-state index contributed by atoms with van der Waals surface area (Å²) in [5.41, 5.74) is 1.15. The van der Waals surface area contributed by atoms with Gasteiger partial charge in [0.2, 0.25) is 0 Å². The lowest BCUT2D eigenvalue weighted by Crippen LogP contribution is -1.91. The molecule has 2 rings (SSSR count). The van der Waals surface area contributed by atoms with Crippen LogP contribution in [0.5, 0.6) is 0 Å². The molecule has 0 spiro atoms. The second-order valence-corrected chi connectivity index (χ2v) is 3.67. The molecule has 1 N–H and O–H groups in total. The van der Waals surface area contributed by atoms with Crippen molar-refractivity contribution in [1.29, 1.82) is 0 Å². The van der Waals surface area contributed by atoms with E-state index in [9.17, 15) is 5.11 Å². The van der Waals surface area contributed by atoms with Gasteiger partial charge in [-0.1, -0.05) is 54.6 Å². The van der Waals surface area contributed by atoms with E-state index in [0.29, 0.717) is 0 Å². The molecule has 0 saturated heterocycles. The maximum absolute atomic E-state index is 9.20. The highest BCUT2D eigenvalue weighted by atomic mass is 16.3. The Hall–Kier alpha value is -1.60. The van der Waals surface area contributed by atoms with E-state index in [4.69, 9.17) is 0 Å². The summed E-state index contributed by atoms with van der Waals surface area (Å²) < 4.78 is 0. The summed E-state index contributed by atoms with van der Waals surface area (Å²) in [6.07, 6.45) is 3.36. The molecule has 0 saturated carbocycles. The van der Waals surface area contributed by atoms with Crippen molar-refractivity contribution in [2.24, 2.45) is 0 Å². The van der Waals surface area contributed by atoms with Crippen LogP contribution in [0, 0.1) is 0 Å². The molecular weight excluding hydrogens is 184 g/mol. The van der Waals surface area contributed by atoms with Crippen LogP contribution in [0.2, 0.25) is 0 Å². The summed E-state index contributed by atoms with van der Waals surface area (Å²) in [5, 5.41) is 11.6. The van der Waals surface area contributed by atoms with E-state index in [1.807, 2.05) is 24.3 Å². The van der Waals surface area contributed by atoms with Crippen LogP contribution in [0.4, 0.5) is 0 Å². The zero-order valence-corrected chi connectivity index (χ0v) is 8.72. The van der Waals surface area contributed by atoms with E-state index in [2.05, 4.69) is 24.3 Å². The van der Waals surface area contributed by atoms with Gasteiger partial charge in [-0.15, -0.1) is 0 Å². The highest BCUT2D eigenvalue weighted by molar-refractivity contribution is 5.90. The van der Waals surface area contributed by atoms with Crippen molar-refractivity contribution < 1.29 is 5.11 Å². The van der Waals surface area contributed by atoms with Crippen molar-refractivity contribution in [3.8, 4) is 0 Å². The molecule has 0 bridgehead atoms. The van der Waals surface area contributed by atoms with Crippen LogP contribution in [0.15, 0.2) is 48.5 Å². The minimum atomic E-state index is -0.399. The summed E-state index contributed by atoms with van der Waals surface area (Å²) >= 11 is 0. The number of aliphatic hydroxyl groups excluding tert-OH is 1. The van der Waals surface area contributed by atoms with Crippen LogP contribution in [-0.2, 0) is 0 Å². The SMILES string of the molecule is C[C@@H](O)/C=C/c1cccc2ccccc12. The summed E-state index contributed by atoms with van der Waals surface area (Å²) in [7, 11) is 0. The topological polar surface area (TPSA) is 20.2 Å². The first kappa shape index (κ1) is 9.94. The normalized spacial score (nSPS) is 13.5. The molecule has 0 aliphatic carbocycles. The summed E-state index contributed by atoms with van der Waals surface area (Å²) in [6, 6.07) is 14.4. The monoisotopic (exact) mass is 198 g/mol. The average molecular weight is 198 g/mol. The van der Waals surface area contributed by atoms with E-state index in [0.717, 1.165) is 5.56 Å². The quantitative estimate of drug-likeness (QED) is 0.785. The molecule has 0 radical (unpaired) electrons. The fraction of sp³-hybridized carbons (Fsp3) is 0.143. The van der Waals surface area contributed by atoms with E-state index in [1.165, 1.54) is 10.8 Å². The molecule has 0 aromatic heterocycles. The number of benzene rings is 2. The molecule has 1 nitrogen and oxygen atoms in total. The van der Waals surface area contributed by atoms with Crippen molar-refractivity contribution >= 4 is 16.8 Å². The third kappa shape index (κ3) is 2.25. The summed E-state index contributed by atoms with van der Waals surface area (Å²) in [4.78, 5) is 0. The standard InChI is InChI=1S/C14H14O/c1-11(15)9-10-13-7-4-6-12-5-2-3-8-14(12)13/h2-11,15H,1H3/b10-9+/t11-/m1/s1. The molecule has 1 atom stereocenters. The molecule has 0 heterocycles. The molecule has 2 aromatic rings. The number of rotatable bonds is 2. The van der Waals surface area contributed by atoms with Gasteiger partial charge in [-0.3, -0.25) is 0 Å². The second-order valence-electron chi connectivity index (χ2n) is 3.67. The fourth-order valence-corrected chi connectivity index (χ4v) is 1.64. The third-order valence-corrected chi connectivity index (χ3v) is 2.38. The van der Waals surface area contributed by atoms with E-state index < -0.39 is 6.10 Å². The summed E-state index contributed by atoms with van der Waals surface area (Å²) in [5.74, 6) is 0. The van der Waals surface area contributed by atoms with Crippen LogP contribution >= 0.6 is 0 Å². The van der Waals surface area contributed by atoms with Crippen molar-refractivity contribution in [2.75, 3.05) is 0 Å². The first-order valence-electron chi connectivity index (χ1n) is 5.11. The Morgan fingerprint density at radius 2 is 1.80 bits per heavy atom. The van der Waals surface area contributed by atoms with Crippen LogP contribution < -0.4 is 0 Å². The Labute approximate surface area is 89.7 Å². The molecule has 0 aliphatic heterocycles. The van der Waals surface area contributed by atoms with Crippen LogP contribution in [0.1, 0.15) is 12.5 Å². The van der Waals surface area contributed by atoms with Gasteiger partial charge in [0.05, 0.1) is 6.10 Å². The average Bonchev–Trinajstić information content (AvgIpc) is 2.26. The molecule has 15 heavy (non-hydrogen) atoms. The van der Waals surface area contributed by atoms with E-state index in [1.54, 1.807) is 13.0 Å². The fourth-order valence-electron chi connectivity index (χ4n) is 1.64. The Balaban J connectivity index is 2.51. The Morgan fingerprint density at radius 3 is 2.60 bits per heavy atom. The molecule has 0 amide bonds. The summed E-state index contributed by atoms with van der Waals surface area (Å²) in [6.45, 7) is 1.75. The van der Waals surface area contributed by atoms with Crippen molar-refractivity contribution in [2.45, 2.75) is 13.0 Å². The molecular formula is C14H14O. The first-order valence-corrected chi connectivity index (χ1v) is 5.11. The Bertz CT molecular complexity index is 478. The zero-order chi connectivity index (χ0) is 10.7. The van der Waals surface area contributed by atoms with Gasteiger partial charge in [-0.05, 0) is 23.3 Å². The second kappa shape index (κ2) is 4.28. The lowest BCUT2D eigenvalue weighted by molar-refractivity contribution is 0.245. The number of hydrogen-bond donors (Lipinski definition) is 1. The smallest absolute Gasteiger partial charge is 0.0696 e. The highest BCUT2D eigenvalue weighted by Gasteiger charge is 1.96. The zero-order valence-electron chi connectivity index (χ0n) is 8.72. The minimum absolute atomic E-state index is 0.399. The minimum Gasteiger partial charge on any atom is -0.389 e. The van der Waals surface area contributed by atoms with Crippen LogP contribution in [-0.4, -0.2) is 11.2 Å². The van der Waals surface area contributed by atoms with Gasteiger partial charge in [0, 0.05) is 0 Å². The Morgan fingerprint density at radius 1 is 1.07 bits per heavy atom. The van der Waals surface area contributed by atoms with Crippen molar-refractivity contribution in [3.05, 3.63) is 54.1 Å². The van der Waals surface area contributed by atoms with Crippen LogP contribution in [0.25, 0.3) is 16.8 Å². The lowest BCUT2D eigenvalue weighted by Gasteiger charge is -2.02. The molecule has 76 valence electrons. The van der Waals surface area contributed by atoms with Gasteiger partial charge in [0.15, 0.2) is 0 Å². The van der Waals surface area contributed by atoms with Gasteiger partial charge in [0.25, 0.3) is 0 Å². The van der Waals surface area contributed by atoms with Crippen LogP contribution in [0.3, 0.4) is 0 Å². The molecule has 0 fully saturated rings. The molecule has 0 aliphatic rings. The predicted octanol–water partition coefficient (Wildman–Crippen LogP) is 3.23. The van der Waals surface area contributed by atoms with Gasteiger partial charge < -0.3 is 5.11 Å². The number of hydrogen-bond acceptors (Lipinski definition) is 1. The van der Waals surface area contributed by atoms with Gasteiger partial charge >= 0.3 is 0 Å². The first-order chi connectivity index (χ1) is 7.27. The number of aliphatic hydroxyl groups is 1. The van der Waals surface area contributed by atoms with Gasteiger partial charge in [0.1, 0.15) is 0 Å². The lowest BCUT2D eigenvalue weighted by atomic mass is 10.0. The molecule has 1 heteroatoms. The maximum Gasteiger partial charge on any atom is 0.0696 e. The van der Waals surface area contributed by atoms with Crippen molar-refractivity contribution in [3.63, 3.8) is 0 Å². The van der Waals surface area contributed by atoms with Gasteiger partial charge in [-0.25, -0.2) is 0 Å². The Kier molecular flexibility index (Phi) is 2.84. The highest BCUT2D eigenvalue weighted by Crippen LogP contribution is 2.19.